The Morgan fingerprint density at radius 2 is 1.58 bits per heavy atom. The van der Waals surface area contributed by atoms with Crippen LogP contribution in [0.3, 0.4) is 0 Å². The van der Waals surface area contributed by atoms with Gasteiger partial charge < -0.3 is 9.80 Å². The first-order valence-corrected chi connectivity index (χ1v) is 10.8. The molecule has 0 unspecified atom stereocenters. The molecule has 3 heterocycles. The van der Waals surface area contributed by atoms with Crippen molar-refractivity contribution in [2.24, 2.45) is 0 Å². The predicted octanol–water partition coefficient (Wildman–Crippen LogP) is 4.53. The van der Waals surface area contributed by atoms with Crippen LogP contribution in [0.15, 0.2) is 61.1 Å². The van der Waals surface area contributed by atoms with Crippen molar-refractivity contribution in [3.05, 3.63) is 77.7 Å². The summed E-state index contributed by atoms with van der Waals surface area (Å²) in [6.45, 7) is 5.36. The minimum Gasteiger partial charge on any atom is -0.368 e. The van der Waals surface area contributed by atoms with Gasteiger partial charge in [-0.1, -0.05) is 36.4 Å². The molecule has 0 atom stereocenters. The van der Waals surface area contributed by atoms with E-state index in [0.717, 1.165) is 43.4 Å². The third-order valence-corrected chi connectivity index (χ3v) is 6.09. The first kappa shape index (κ1) is 21.2. The Balaban J connectivity index is 1.39. The second-order valence-electron chi connectivity index (χ2n) is 8.15. The first-order valence-electron chi connectivity index (χ1n) is 10.8. The molecule has 0 aliphatic carbocycles. The molecule has 0 bridgehead atoms. The molecule has 1 saturated heterocycles. The molecule has 2 aromatic carbocycles. The molecule has 170 valence electrons. The Labute approximate surface area is 189 Å². The minimum atomic E-state index is -4.42. The molecular formula is C24H23F3N6. The fourth-order valence-electron chi connectivity index (χ4n) is 4.42. The SMILES string of the molecule is Cc1ccccc1N1CCN(c2ncnc3c2cnn3Cc2ccccc2C(F)(F)F)CC1. The van der Waals surface area contributed by atoms with E-state index in [1.54, 1.807) is 12.3 Å². The van der Waals surface area contributed by atoms with Crippen molar-refractivity contribution in [3.63, 3.8) is 0 Å². The Hall–Kier alpha value is -3.62. The lowest BCUT2D eigenvalue weighted by atomic mass is 10.1. The molecular weight excluding hydrogens is 429 g/mol. The molecule has 5 rings (SSSR count). The van der Waals surface area contributed by atoms with Gasteiger partial charge >= 0.3 is 6.18 Å². The molecule has 1 aliphatic heterocycles. The summed E-state index contributed by atoms with van der Waals surface area (Å²) >= 11 is 0. The Kier molecular flexibility index (Phi) is 5.39. The molecule has 33 heavy (non-hydrogen) atoms. The number of para-hydroxylation sites is 1. The van der Waals surface area contributed by atoms with Crippen LogP contribution in [-0.4, -0.2) is 45.9 Å². The standard InChI is InChI=1S/C24H23F3N6/c1-17-6-2-5-9-21(17)31-10-12-32(13-11-31)22-19-14-30-33(23(19)29-16-28-22)15-18-7-3-4-8-20(18)24(25,26)27/h2-9,14,16H,10-13,15H2,1H3. The summed E-state index contributed by atoms with van der Waals surface area (Å²) in [5, 5.41) is 5.10. The molecule has 2 aromatic heterocycles. The normalized spacial score (nSPS) is 14.8. The number of benzene rings is 2. The second kappa shape index (κ2) is 8.38. The lowest BCUT2D eigenvalue weighted by Crippen LogP contribution is -2.47. The van der Waals surface area contributed by atoms with E-state index in [0.29, 0.717) is 5.65 Å². The Morgan fingerprint density at radius 1 is 0.879 bits per heavy atom. The summed E-state index contributed by atoms with van der Waals surface area (Å²) < 4.78 is 41.7. The fourth-order valence-corrected chi connectivity index (χ4v) is 4.42. The highest BCUT2D eigenvalue weighted by atomic mass is 19.4. The van der Waals surface area contributed by atoms with Gasteiger partial charge in [0, 0.05) is 31.9 Å². The summed E-state index contributed by atoms with van der Waals surface area (Å²) in [4.78, 5) is 13.4. The summed E-state index contributed by atoms with van der Waals surface area (Å²) in [7, 11) is 0. The predicted molar refractivity (Wildman–Crippen MR) is 121 cm³/mol. The number of alkyl halides is 3. The number of hydrogen-bond acceptors (Lipinski definition) is 5. The van der Waals surface area contributed by atoms with Gasteiger partial charge in [0.05, 0.1) is 23.7 Å². The van der Waals surface area contributed by atoms with Gasteiger partial charge in [-0.25, -0.2) is 14.6 Å². The molecule has 6 nitrogen and oxygen atoms in total. The third kappa shape index (κ3) is 4.10. The number of fused-ring (bicyclic) bond motifs is 1. The maximum Gasteiger partial charge on any atom is 0.416 e. The van der Waals surface area contributed by atoms with Crippen LogP contribution in [0.4, 0.5) is 24.7 Å². The van der Waals surface area contributed by atoms with Gasteiger partial charge in [0.1, 0.15) is 12.1 Å². The number of hydrogen-bond donors (Lipinski definition) is 0. The monoisotopic (exact) mass is 452 g/mol. The van der Waals surface area contributed by atoms with Gasteiger partial charge in [-0.15, -0.1) is 0 Å². The number of piperazine rings is 1. The van der Waals surface area contributed by atoms with Gasteiger partial charge in [0.25, 0.3) is 0 Å². The van der Waals surface area contributed by atoms with E-state index >= 15 is 0 Å². The highest BCUT2D eigenvalue weighted by Crippen LogP contribution is 2.33. The van der Waals surface area contributed by atoms with Crippen molar-refractivity contribution in [2.45, 2.75) is 19.6 Å². The molecule has 0 N–H and O–H groups in total. The topological polar surface area (TPSA) is 50.1 Å². The summed E-state index contributed by atoms with van der Waals surface area (Å²) in [5.74, 6) is 0.764. The Bertz CT molecular complexity index is 1270. The molecule has 0 saturated carbocycles. The van der Waals surface area contributed by atoms with Crippen LogP contribution in [-0.2, 0) is 12.7 Å². The smallest absolute Gasteiger partial charge is 0.368 e. The number of halogens is 3. The summed E-state index contributed by atoms with van der Waals surface area (Å²) in [6.07, 6.45) is -1.32. The van der Waals surface area contributed by atoms with Gasteiger partial charge in [-0.3, -0.25) is 0 Å². The maximum absolute atomic E-state index is 13.4. The number of anilines is 2. The molecule has 0 amide bonds. The zero-order chi connectivity index (χ0) is 23.0. The van der Waals surface area contributed by atoms with Gasteiger partial charge in [-0.05, 0) is 30.2 Å². The van der Waals surface area contributed by atoms with E-state index in [-0.39, 0.29) is 12.1 Å². The molecule has 1 fully saturated rings. The molecule has 4 aromatic rings. The third-order valence-electron chi connectivity index (χ3n) is 6.09. The summed E-state index contributed by atoms with van der Waals surface area (Å²) in [6, 6.07) is 13.9. The highest BCUT2D eigenvalue weighted by Gasteiger charge is 2.33. The van der Waals surface area contributed by atoms with Crippen LogP contribution < -0.4 is 9.80 Å². The van der Waals surface area contributed by atoms with Crippen LogP contribution in [0, 0.1) is 6.92 Å². The van der Waals surface area contributed by atoms with Crippen molar-refractivity contribution in [1.29, 1.82) is 0 Å². The van der Waals surface area contributed by atoms with Crippen LogP contribution in [0.1, 0.15) is 16.7 Å². The van der Waals surface area contributed by atoms with Crippen molar-refractivity contribution < 1.29 is 13.2 Å². The quantitative estimate of drug-likeness (QED) is 0.456. The van der Waals surface area contributed by atoms with E-state index in [4.69, 9.17) is 0 Å². The van der Waals surface area contributed by atoms with Crippen molar-refractivity contribution >= 4 is 22.5 Å². The average Bonchev–Trinajstić information content (AvgIpc) is 3.22. The number of rotatable bonds is 4. The van der Waals surface area contributed by atoms with Crippen LogP contribution in [0.25, 0.3) is 11.0 Å². The number of aromatic nitrogens is 4. The minimum absolute atomic E-state index is 0.0172. The first-order chi connectivity index (χ1) is 15.9. The summed E-state index contributed by atoms with van der Waals surface area (Å²) in [5.41, 5.74) is 2.51. The van der Waals surface area contributed by atoms with Gasteiger partial charge in [0.2, 0.25) is 0 Å². The fraction of sp³-hybridized carbons (Fsp3) is 0.292. The van der Waals surface area contributed by atoms with Crippen LogP contribution in [0.5, 0.6) is 0 Å². The zero-order valence-corrected chi connectivity index (χ0v) is 18.1. The average molecular weight is 452 g/mol. The number of aryl methyl sites for hydroxylation is 1. The zero-order valence-electron chi connectivity index (χ0n) is 18.1. The van der Waals surface area contributed by atoms with E-state index in [1.807, 2.05) is 12.1 Å². The van der Waals surface area contributed by atoms with Crippen LogP contribution >= 0.6 is 0 Å². The lowest BCUT2D eigenvalue weighted by Gasteiger charge is -2.37. The van der Waals surface area contributed by atoms with E-state index < -0.39 is 11.7 Å². The molecule has 9 heteroatoms. The highest BCUT2D eigenvalue weighted by molar-refractivity contribution is 5.86. The molecule has 1 aliphatic rings. The van der Waals surface area contributed by atoms with Crippen molar-refractivity contribution in [2.75, 3.05) is 36.0 Å². The largest absolute Gasteiger partial charge is 0.416 e. The van der Waals surface area contributed by atoms with E-state index in [2.05, 4.69) is 43.9 Å². The van der Waals surface area contributed by atoms with E-state index in [1.165, 1.54) is 34.4 Å². The maximum atomic E-state index is 13.4. The number of nitrogens with zero attached hydrogens (tertiary/aromatic N) is 6. The van der Waals surface area contributed by atoms with Gasteiger partial charge in [-0.2, -0.15) is 18.3 Å². The molecule has 0 radical (unpaired) electrons. The van der Waals surface area contributed by atoms with Crippen LogP contribution in [0.2, 0.25) is 0 Å². The van der Waals surface area contributed by atoms with Crippen molar-refractivity contribution in [3.8, 4) is 0 Å². The van der Waals surface area contributed by atoms with Gasteiger partial charge in [0.15, 0.2) is 5.65 Å². The lowest BCUT2D eigenvalue weighted by molar-refractivity contribution is -0.138. The second-order valence-corrected chi connectivity index (χ2v) is 8.15. The van der Waals surface area contributed by atoms with Crippen molar-refractivity contribution in [1.82, 2.24) is 19.7 Å². The van der Waals surface area contributed by atoms with E-state index in [9.17, 15) is 13.2 Å². The molecule has 0 spiro atoms. The Morgan fingerprint density at radius 3 is 2.33 bits per heavy atom.